The van der Waals surface area contributed by atoms with E-state index in [4.69, 9.17) is 5.11 Å². The summed E-state index contributed by atoms with van der Waals surface area (Å²) >= 11 is 0. The molecule has 28 heavy (non-hydrogen) atoms. The second-order valence-corrected chi connectivity index (χ2v) is 6.62. The number of hydrogen-bond acceptors (Lipinski definition) is 4. The number of anilines is 1. The molecule has 1 unspecified atom stereocenters. The first kappa shape index (κ1) is 21.1. The molecule has 0 radical (unpaired) electrons. The van der Waals surface area contributed by atoms with Crippen LogP contribution in [0.2, 0.25) is 0 Å². The van der Waals surface area contributed by atoms with Crippen molar-refractivity contribution >= 4 is 23.5 Å². The van der Waals surface area contributed by atoms with Gasteiger partial charge in [-0.15, -0.1) is 0 Å². The van der Waals surface area contributed by atoms with Crippen molar-refractivity contribution < 1.29 is 19.5 Å². The van der Waals surface area contributed by atoms with E-state index < -0.39 is 17.9 Å². The maximum absolute atomic E-state index is 12.6. The molecular weight excluding hydrogens is 360 g/mol. The quantitative estimate of drug-likeness (QED) is 0.645. The first-order valence-electron chi connectivity index (χ1n) is 9.27. The van der Waals surface area contributed by atoms with E-state index in [2.05, 4.69) is 29.6 Å². The van der Waals surface area contributed by atoms with Crippen molar-refractivity contribution in [3.05, 3.63) is 47.3 Å². The van der Waals surface area contributed by atoms with Crippen LogP contribution in [0.1, 0.15) is 66.1 Å². The number of nitrogens with zero attached hydrogens (tertiary/aromatic N) is 2. The number of carbonyl (C=O) groups excluding carboxylic acids is 2. The number of nitrogens with one attached hydrogen (secondary N) is 2. The van der Waals surface area contributed by atoms with Gasteiger partial charge >= 0.3 is 5.97 Å². The van der Waals surface area contributed by atoms with Gasteiger partial charge in [-0.2, -0.15) is 5.10 Å². The topological polar surface area (TPSA) is 113 Å². The summed E-state index contributed by atoms with van der Waals surface area (Å²) < 4.78 is 1.88. The van der Waals surface area contributed by atoms with Gasteiger partial charge in [0, 0.05) is 16.9 Å². The van der Waals surface area contributed by atoms with E-state index in [9.17, 15) is 14.4 Å². The molecule has 0 aliphatic heterocycles. The third-order valence-corrected chi connectivity index (χ3v) is 4.70. The van der Waals surface area contributed by atoms with Gasteiger partial charge in [0.25, 0.3) is 11.8 Å². The minimum absolute atomic E-state index is 0.257. The smallest absolute Gasteiger partial charge is 0.325 e. The molecule has 8 nitrogen and oxygen atoms in total. The van der Waals surface area contributed by atoms with Crippen molar-refractivity contribution in [3.8, 4) is 0 Å². The molecule has 0 saturated carbocycles. The third-order valence-electron chi connectivity index (χ3n) is 4.70. The minimum Gasteiger partial charge on any atom is -0.480 e. The Labute approximate surface area is 163 Å². The Balaban J connectivity index is 2.07. The van der Waals surface area contributed by atoms with Crippen molar-refractivity contribution in [2.45, 2.75) is 52.6 Å². The van der Waals surface area contributed by atoms with Crippen molar-refractivity contribution in [1.82, 2.24) is 15.1 Å². The van der Waals surface area contributed by atoms with Crippen LogP contribution in [0, 0.1) is 6.92 Å². The number of aliphatic carboxylic acids is 1. The number of hydrogen-bond donors (Lipinski definition) is 3. The first-order chi connectivity index (χ1) is 13.3. The SMILES string of the molecule is CCC(CC)n1ncc(C(=O)Nc2ccc(C(=O)NC(C)C(=O)O)cc2)c1C. The maximum atomic E-state index is 12.6. The second-order valence-electron chi connectivity index (χ2n) is 6.62. The Bertz CT molecular complexity index is 854. The Hall–Kier alpha value is -3.16. The molecule has 0 aliphatic rings. The predicted molar refractivity (Wildman–Crippen MR) is 106 cm³/mol. The second kappa shape index (κ2) is 9.16. The molecule has 1 atom stereocenters. The molecule has 1 heterocycles. The lowest BCUT2D eigenvalue weighted by molar-refractivity contribution is -0.138. The zero-order chi connectivity index (χ0) is 20.8. The Morgan fingerprint density at radius 2 is 1.71 bits per heavy atom. The lowest BCUT2D eigenvalue weighted by Crippen LogP contribution is -2.38. The summed E-state index contributed by atoms with van der Waals surface area (Å²) in [6.07, 6.45) is 3.44. The van der Waals surface area contributed by atoms with E-state index in [0.29, 0.717) is 16.8 Å². The lowest BCUT2D eigenvalue weighted by atomic mass is 10.1. The molecule has 8 heteroatoms. The van der Waals surface area contributed by atoms with Crippen LogP contribution in [-0.4, -0.2) is 38.7 Å². The molecule has 1 aromatic carbocycles. The summed E-state index contributed by atoms with van der Waals surface area (Å²) in [5.74, 6) is -1.87. The Morgan fingerprint density at radius 1 is 1.11 bits per heavy atom. The van der Waals surface area contributed by atoms with Crippen molar-refractivity contribution in [1.29, 1.82) is 0 Å². The number of carbonyl (C=O) groups is 3. The van der Waals surface area contributed by atoms with Gasteiger partial charge in [0.2, 0.25) is 0 Å². The number of carboxylic acid groups (broad SMARTS) is 1. The van der Waals surface area contributed by atoms with E-state index in [1.807, 2.05) is 11.6 Å². The van der Waals surface area contributed by atoms with Crippen molar-refractivity contribution in [3.63, 3.8) is 0 Å². The molecule has 0 fully saturated rings. The highest BCUT2D eigenvalue weighted by molar-refractivity contribution is 6.05. The van der Waals surface area contributed by atoms with Crippen molar-refractivity contribution in [2.75, 3.05) is 5.32 Å². The molecule has 0 spiro atoms. The molecule has 2 amide bonds. The summed E-state index contributed by atoms with van der Waals surface area (Å²) in [5, 5.41) is 18.4. The standard InChI is InChI=1S/C20H26N4O4/c1-5-16(6-2)24-13(4)17(11-21-24)19(26)23-15-9-7-14(8-10-15)18(25)22-12(3)20(27)28/h7-12,16H,5-6H2,1-4H3,(H,22,25)(H,23,26)(H,27,28). The number of aromatic nitrogens is 2. The zero-order valence-electron chi connectivity index (χ0n) is 16.5. The molecule has 0 aliphatic carbocycles. The normalized spacial score (nSPS) is 11.9. The van der Waals surface area contributed by atoms with Crippen LogP contribution < -0.4 is 10.6 Å². The lowest BCUT2D eigenvalue weighted by Gasteiger charge is -2.15. The largest absolute Gasteiger partial charge is 0.480 e. The summed E-state index contributed by atoms with van der Waals surface area (Å²) in [6, 6.07) is 5.52. The van der Waals surface area contributed by atoms with Gasteiger partial charge in [0.1, 0.15) is 6.04 Å². The van der Waals surface area contributed by atoms with Crippen LogP contribution >= 0.6 is 0 Å². The number of rotatable bonds is 8. The van der Waals surface area contributed by atoms with Gasteiger partial charge in [-0.1, -0.05) is 13.8 Å². The summed E-state index contributed by atoms with van der Waals surface area (Å²) in [6.45, 7) is 7.43. The molecule has 0 bridgehead atoms. The molecule has 0 saturated heterocycles. The fraction of sp³-hybridized carbons (Fsp3) is 0.400. The first-order valence-corrected chi connectivity index (χ1v) is 9.27. The average Bonchev–Trinajstić information content (AvgIpc) is 3.05. The highest BCUT2D eigenvalue weighted by Crippen LogP contribution is 2.20. The van der Waals surface area contributed by atoms with Crippen LogP contribution in [0.4, 0.5) is 5.69 Å². The van der Waals surface area contributed by atoms with Crippen LogP contribution in [0.25, 0.3) is 0 Å². The maximum Gasteiger partial charge on any atom is 0.325 e. The molecule has 1 aromatic heterocycles. The summed E-state index contributed by atoms with van der Waals surface area (Å²) in [4.78, 5) is 35.4. The highest BCUT2D eigenvalue weighted by Gasteiger charge is 2.19. The van der Waals surface area contributed by atoms with Gasteiger partial charge in [-0.3, -0.25) is 19.1 Å². The minimum atomic E-state index is -1.11. The molecule has 3 N–H and O–H groups in total. The number of amides is 2. The van der Waals surface area contributed by atoms with Gasteiger partial charge in [0.05, 0.1) is 17.8 Å². The van der Waals surface area contributed by atoms with Gasteiger partial charge in [-0.05, 0) is 51.0 Å². The van der Waals surface area contributed by atoms with E-state index in [-0.39, 0.29) is 11.9 Å². The number of benzene rings is 1. The van der Waals surface area contributed by atoms with Crippen LogP contribution in [0.3, 0.4) is 0 Å². The van der Waals surface area contributed by atoms with Crippen molar-refractivity contribution in [2.24, 2.45) is 0 Å². The van der Waals surface area contributed by atoms with E-state index in [1.165, 1.54) is 19.1 Å². The summed E-state index contributed by atoms with van der Waals surface area (Å²) in [7, 11) is 0. The number of carboxylic acids is 1. The highest BCUT2D eigenvalue weighted by atomic mass is 16.4. The van der Waals surface area contributed by atoms with E-state index in [0.717, 1.165) is 18.5 Å². The van der Waals surface area contributed by atoms with Gasteiger partial charge in [-0.25, -0.2) is 0 Å². The van der Waals surface area contributed by atoms with Gasteiger partial charge in [0.15, 0.2) is 0 Å². The van der Waals surface area contributed by atoms with Crippen LogP contribution in [0.15, 0.2) is 30.5 Å². The molecular formula is C20H26N4O4. The summed E-state index contributed by atoms with van der Waals surface area (Å²) in [5.41, 5.74) is 2.15. The zero-order valence-corrected chi connectivity index (χ0v) is 16.5. The molecule has 2 aromatic rings. The Morgan fingerprint density at radius 3 is 2.25 bits per heavy atom. The molecule has 2 rings (SSSR count). The third kappa shape index (κ3) is 4.76. The fourth-order valence-corrected chi connectivity index (χ4v) is 2.89. The fourth-order valence-electron chi connectivity index (χ4n) is 2.89. The Kier molecular flexibility index (Phi) is 6.92. The van der Waals surface area contributed by atoms with Gasteiger partial charge < -0.3 is 15.7 Å². The monoisotopic (exact) mass is 386 g/mol. The van der Waals surface area contributed by atoms with Crippen LogP contribution in [-0.2, 0) is 4.79 Å². The van der Waals surface area contributed by atoms with Crippen LogP contribution in [0.5, 0.6) is 0 Å². The predicted octanol–water partition coefficient (Wildman–Crippen LogP) is 3.01. The van der Waals surface area contributed by atoms with E-state index >= 15 is 0 Å². The van der Waals surface area contributed by atoms with E-state index in [1.54, 1.807) is 18.3 Å². The molecule has 150 valence electrons. The average molecular weight is 386 g/mol.